The van der Waals surface area contributed by atoms with E-state index in [4.69, 9.17) is 9.47 Å². The zero-order valence-electron chi connectivity index (χ0n) is 13.9. The van der Waals surface area contributed by atoms with Gasteiger partial charge in [0, 0.05) is 22.9 Å². The molecule has 0 radical (unpaired) electrons. The predicted molar refractivity (Wildman–Crippen MR) is 97.6 cm³/mol. The SMILES string of the molecule is CC(=O)c1cc2c(cc1NC(=O)CCCSc1ccccc1)OCO2. The van der Waals surface area contributed by atoms with Crippen molar-refractivity contribution in [2.24, 2.45) is 0 Å². The number of carbonyl (C=O) groups is 2. The van der Waals surface area contributed by atoms with Gasteiger partial charge < -0.3 is 14.8 Å². The fraction of sp³-hybridized carbons (Fsp3) is 0.263. The van der Waals surface area contributed by atoms with Gasteiger partial charge in [-0.3, -0.25) is 9.59 Å². The maximum absolute atomic E-state index is 12.2. The first-order valence-electron chi connectivity index (χ1n) is 8.06. The molecule has 0 unspecified atom stereocenters. The number of fused-ring (bicyclic) bond motifs is 1. The summed E-state index contributed by atoms with van der Waals surface area (Å²) < 4.78 is 10.6. The number of ketones is 1. The van der Waals surface area contributed by atoms with Gasteiger partial charge in [-0.05, 0) is 37.3 Å². The number of ether oxygens (including phenoxy) is 2. The number of benzene rings is 2. The minimum absolute atomic E-state index is 0.116. The van der Waals surface area contributed by atoms with E-state index < -0.39 is 0 Å². The molecule has 0 aromatic heterocycles. The van der Waals surface area contributed by atoms with Crippen LogP contribution in [0.1, 0.15) is 30.1 Å². The van der Waals surface area contributed by atoms with Gasteiger partial charge in [0.1, 0.15) is 0 Å². The lowest BCUT2D eigenvalue weighted by Gasteiger charge is -2.10. The van der Waals surface area contributed by atoms with Gasteiger partial charge in [0.25, 0.3) is 0 Å². The van der Waals surface area contributed by atoms with Crippen LogP contribution in [-0.4, -0.2) is 24.2 Å². The van der Waals surface area contributed by atoms with E-state index in [0.29, 0.717) is 29.2 Å². The lowest BCUT2D eigenvalue weighted by molar-refractivity contribution is -0.116. The molecule has 0 aliphatic carbocycles. The highest BCUT2D eigenvalue weighted by atomic mass is 32.2. The van der Waals surface area contributed by atoms with Crippen molar-refractivity contribution in [3.8, 4) is 11.5 Å². The summed E-state index contributed by atoms with van der Waals surface area (Å²) in [6.07, 6.45) is 1.15. The first-order chi connectivity index (χ1) is 12.1. The number of nitrogens with one attached hydrogen (secondary N) is 1. The Morgan fingerprint density at radius 2 is 1.84 bits per heavy atom. The molecular formula is C19H19NO4S. The number of carbonyl (C=O) groups excluding carboxylic acids is 2. The smallest absolute Gasteiger partial charge is 0.231 e. The number of hydrogen-bond donors (Lipinski definition) is 1. The van der Waals surface area contributed by atoms with Crippen LogP contribution < -0.4 is 14.8 Å². The average molecular weight is 357 g/mol. The summed E-state index contributed by atoms with van der Waals surface area (Å²) in [5.41, 5.74) is 0.897. The molecule has 0 saturated carbocycles. The first kappa shape index (κ1) is 17.4. The summed E-state index contributed by atoms with van der Waals surface area (Å²) >= 11 is 1.72. The van der Waals surface area contributed by atoms with Gasteiger partial charge in [0.15, 0.2) is 17.3 Å². The molecule has 130 valence electrons. The van der Waals surface area contributed by atoms with Gasteiger partial charge in [0.05, 0.1) is 5.69 Å². The number of hydrogen-bond acceptors (Lipinski definition) is 5. The van der Waals surface area contributed by atoms with E-state index in [1.54, 1.807) is 23.9 Å². The van der Waals surface area contributed by atoms with Gasteiger partial charge >= 0.3 is 0 Å². The number of thioether (sulfide) groups is 1. The van der Waals surface area contributed by atoms with Crippen molar-refractivity contribution >= 4 is 29.1 Å². The molecule has 3 rings (SSSR count). The van der Waals surface area contributed by atoms with E-state index in [2.05, 4.69) is 17.4 Å². The van der Waals surface area contributed by atoms with Crippen molar-refractivity contribution in [3.63, 3.8) is 0 Å². The Morgan fingerprint density at radius 1 is 1.12 bits per heavy atom. The molecule has 5 nitrogen and oxygen atoms in total. The van der Waals surface area contributed by atoms with Crippen molar-refractivity contribution in [2.45, 2.75) is 24.7 Å². The Hall–Kier alpha value is -2.47. The molecule has 1 amide bonds. The maximum Gasteiger partial charge on any atom is 0.231 e. The molecule has 1 heterocycles. The summed E-state index contributed by atoms with van der Waals surface area (Å²) in [4.78, 5) is 25.2. The molecule has 6 heteroatoms. The lowest BCUT2D eigenvalue weighted by atomic mass is 10.1. The third kappa shape index (κ3) is 4.54. The second-order valence-electron chi connectivity index (χ2n) is 5.62. The largest absolute Gasteiger partial charge is 0.454 e. The van der Waals surface area contributed by atoms with Crippen molar-refractivity contribution in [3.05, 3.63) is 48.0 Å². The zero-order valence-corrected chi connectivity index (χ0v) is 14.7. The first-order valence-corrected chi connectivity index (χ1v) is 9.04. The minimum atomic E-state index is -0.131. The number of anilines is 1. The number of Topliss-reactive ketones (excluding diaryl/α,β-unsaturated/α-hetero) is 1. The predicted octanol–water partition coefficient (Wildman–Crippen LogP) is 4.13. The molecule has 0 saturated heterocycles. The third-order valence-corrected chi connectivity index (χ3v) is 4.82. The molecular weight excluding hydrogens is 338 g/mol. The van der Waals surface area contributed by atoms with Crippen LogP contribution in [0, 0.1) is 0 Å². The second kappa shape index (κ2) is 8.07. The van der Waals surface area contributed by atoms with Crippen LogP contribution >= 0.6 is 11.8 Å². The average Bonchev–Trinajstić information content (AvgIpc) is 3.06. The molecule has 0 spiro atoms. The number of rotatable bonds is 7. The summed E-state index contributed by atoms with van der Waals surface area (Å²) in [6.45, 7) is 1.59. The fourth-order valence-electron chi connectivity index (χ4n) is 2.49. The van der Waals surface area contributed by atoms with E-state index in [1.807, 2.05) is 18.2 Å². The van der Waals surface area contributed by atoms with Crippen molar-refractivity contribution in [1.82, 2.24) is 0 Å². The standard InChI is InChI=1S/C19H19NO4S/c1-13(21)15-10-17-18(24-12-23-17)11-16(15)20-19(22)8-5-9-25-14-6-3-2-4-7-14/h2-4,6-7,10-11H,5,8-9,12H2,1H3,(H,20,22). The van der Waals surface area contributed by atoms with E-state index in [-0.39, 0.29) is 18.5 Å². The summed E-state index contributed by atoms with van der Waals surface area (Å²) in [7, 11) is 0. The molecule has 0 bridgehead atoms. The van der Waals surface area contributed by atoms with Crippen LogP contribution in [0.25, 0.3) is 0 Å². The molecule has 0 atom stereocenters. The highest BCUT2D eigenvalue weighted by molar-refractivity contribution is 7.99. The van der Waals surface area contributed by atoms with Gasteiger partial charge in [-0.15, -0.1) is 11.8 Å². The van der Waals surface area contributed by atoms with Gasteiger partial charge in [-0.25, -0.2) is 0 Å². The van der Waals surface area contributed by atoms with E-state index in [9.17, 15) is 9.59 Å². The van der Waals surface area contributed by atoms with E-state index in [0.717, 1.165) is 12.2 Å². The van der Waals surface area contributed by atoms with Crippen LogP contribution in [0.3, 0.4) is 0 Å². The minimum Gasteiger partial charge on any atom is -0.454 e. The second-order valence-corrected chi connectivity index (χ2v) is 6.79. The Bertz CT molecular complexity index is 776. The summed E-state index contributed by atoms with van der Waals surface area (Å²) in [5.74, 6) is 1.68. The highest BCUT2D eigenvalue weighted by Crippen LogP contribution is 2.37. The monoisotopic (exact) mass is 357 g/mol. The molecule has 0 fully saturated rings. The van der Waals surface area contributed by atoms with Crippen LogP contribution in [0.15, 0.2) is 47.4 Å². The molecule has 1 aliphatic heterocycles. The van der Waals surface area contributed by atoms with Crippen LogP contribution in [0.2, 0.25) is 0 Å². The van der Waals surface area contributed by atoms with E-state index >= 15 is 0 Å². The van der Waals surface area contributed by atoms with Gasteiger partial charge in [-0.1, -0.05) is 18.2 Å². The Morgan fingerprint density at radius 3 is 2.56 bits per heavy atom. The van der Waals surface area contributed by atoms with Crippen molar-refractivity contribution < 1.29 is 19.1 Å². The zero-order chi connectivity index (χ0) is 17.6. The molecule has 1 N–H and O–H groups in total. The molecule has 1 aliphatic rings. The van der Waals surface area contributed by atoms with Crippen molar-refractivity contribution in [2.75, 3.05) is 17.9 Å². The van der Waals surface area contributed by atoms with Gasteiger partial charge in [-0.2, -0.15) is 0 Å². The highest BCUT2D eigenvalue weighted by Gasteiger charge is 2.20. The van der Waals surface area contributed by atoms with Gasteiger partial charge in [0.2, 0.25) is 12.7 Å². The van der Waals surface area contributed by atoms with Crippen molar-refractivity contribution in [1.29, 1.82) is 0 Å². The maximum atomic E-state index is 12.2. The third-order valence-electron chi connectivity index (χ3n) is 3.73. The number of amides is 1. The lowest BCUT2D eigenvalue weighted by Crippen LogP contribution is -2.14. The Kier molecular flexibility index (Phi) is 5.60. The molecule has 25 heavy (non-hydrogen) atoms. The van der Waals surface area contributed by atoms with Crippen LogP contribution in [-0.2, 0) is 4.79 Å². The topological polar surface area (TPSA) is 64.6 Å². The fourth-order valence-corrected chi connectivity index (χ4v) is 3.36. The summed E-state index contributed by atoms with van der Waals surface area (Å²) in [6, 6.07) is 13.3. The Labute approximate surface area is 150 Å². The van der Waals surface area contributed by atoms with Crippen LogP contribution in [0.5, 0.6) is 11.5 Å². The quantitative estimate of drug-likeness (QED) is 0.458. The Balaban J connectivity index is 1.55. The van der Waals surface area contributed by atoms with E-state index in [1.165, 1.54) is 11.8 Å². The normalized spacial score (nSPS) is 12.0. The summed E-state index contributed by atoms with van der Waals surface area (Å²) in [5, 5.41) is 2.82. The molecule has 2 aromatic rings. The molecule has 2 aromatic carbocycles. The van der Waals surface area contributed by atoms with Crippen LogP contribution in [0.4, 0.5) is 5.69 Å².